The molecule has 2 rings (SSSR count). The molecule has 1 N–H and O–H groups in total. The van der Waals surface area contributed by atoms with Gasteiger partial charge in [-0.3, -0.25) is 0 Å². The molecule has 0 radical (unpaired) electrons. The summed E-state index contributed by atoms with van der Waals surface area (Å²) in [6.07, 6.45) is 6.72. The lowest BCUT2D eigenvalue weighted by atomic mass is 9.98. The fraction of sp³-hybridized carbons (Fsp3) is 0.733. The zero-order valence-electron chi connectivity index (χ0n) is 11.6. The van der Waals surface area contributed by atoms with Crippen LogP contribution < -0.4 is 5.32 Å². The molecule has 102 valence electrons. The minimum Gasteiger partial charge on any atom is -0.378 e. The molecular formula is C15H25NOS. The second-order valence-corrected chi connectivity index (χ2v) is 6.28. The van der Waals surface area contributed by atoms with Gasteiger partial charge in [0.1, 0.15) is 0 Å². The third-order valence-corrected chi connectivity index (χ3v) is 4.53. The van der Waals surface area contributed by atoms with E-state index in [0.717, 1.165) is 13.2 Å². The van der Waals surface area contributed by atoms with Gasteiger partial charge in [0, 0.05) is 17.5 Å². The largest absolute Gasteiger partial charge is 0.378 e. The Hall–Kier alpha value is -0.380. The van der Waals surface area contributed by atoms with Crippen LogP contribution >= 0.6 is 11.3 Å². The lowest BCUT2D eigenvalue weighted by molar-refractivity contribution is 0.00857. The average molecular weight is 267 g/mol. The lowest BCUT2D eigenvalue weighted by Gasteiger charge is -2.25. The number of rotatable bonds is 6. The number of ether oxygens (including phenoxy) is 1. The summed E-state index contributed by atoms with van der Waals surface area (Å²) in [6, 6.07) is 2.82. The standard InChI is InChI=1S/C15H25NOS/c1-3-16-15(13-10-12(2)18-11-13)8-7-14-6-4-5-9-17-14/h10-11,14-16H,3-9H2,1-2H3. The van der Waals surface area contributed by atoms with Crippen molar-refractivity contribution in [2.45, 2.75) is 58.1 Å². The molecule has 1 aliphatic heterocycles. The summed E-state index contributed by atoms with van der Waals surface area (Å²) in [5, 5.41) is 5.90. The maximum Gasteiger partial charge on any atom is 0.0575 e. The summed E-state index contributed by atoms with van der Waals surface area (Å²) in [5.41, 5.74) is 1.45. The van der Waals surface area contributed by atoms with Crippen molar-refractivity contribution in [2.24, 2.45) is 0 Å². The van der Waals surface area contributed by atoms with Crippen LogP contribution in [0, 0.1) is 6.92 Å². The molecule has 1 aromatic rings. The molecule has 0 spiro atoms. The summed E-state index contributed by atoms with van der Waals surface area (Å²) < 4.78 is 5.82. The van der Waals surface area contributed by atoms with Crippen LogP contribution in [-0.2, 0) is 4.74 Å². The third kappa shape index (κ3) is 4.08. The Labute approximate surface area is 115 Å². The fourth-order valence-electron chi connectivity index (χ4n) is 2.67. The molecule has 2 nitrogen and oxygen atoms in total. The Bertz CT molecular complexity index is 344. The molecular weight excluding hydrogens is 242 g/mol. The smallest absolute Gasteiger partial charge is 0.0575 e. The molecule has 0 aromatic carbocycles. The molecule has 18 heavy (non-hydrogen) atoms. The zero-order valence-corrected chi connectivity index (χ0v) is 12.4. The molecule has 2 atom stereocenters. The molecule has 0 aliphatic carbocycles. The first kappa shape index (κ1) is 14.0. The van der Waals surface area contributed by atoms with Crippen LogP contribution in [0.3, 0.4) is 0 Å². The number of nitrogens with one attached hydrogen (secondary N) is 1. The fourth-order valence-corrected chi connectivity index (χ4v) is 3.43. The predicted octanol–water partition coefficient (Wildman–Crippen LogP) is 4.06. The number of hydrogen-bond donors (Lipinski definition) is 1. The van der Waals surface area contributed by atoms with Gasteiger partial charge < -0.3 is 10.1 Å². The molecule has 1 aliphatic rings. The van der Waals surface area contributed by atoms with Crippen LogP contribution in [0.15, 0.2) is 11.4 Å². The summed E-state index contributed by atoms with van der Waals surface area (Å²) in [4.78, 5) is 1.40. The first-order valence-electron chi connectivity index (χ1n) is 7.19. The quantitative estimate of drug-likeness (QED) is 0.839. The molecule has 3 heteroatoms. The van der Waals surface area contributed by atoms with Crippen LogP contribution in [0.4, 0.5) is 0 Å². The van der Waals surface area contributed by atoms with Crippen LogP contribution in [0.1, 0.15) is 55.5 Å². The highest BCUT2D eigenvalue weighted by atomic mass is 32.1. The van der Waals surface area contributed by atoms with Crippen LogP contribution in [0.25, 0.3) is 0 Å². The molecule has 0 saturated carbocycles. The SMILES string of the molecule is CCNC(CCC1CCCCO1)c1csc(C)c1. The van der Waals surface area contributed by atoms with Crippen molar-refractivity contribution < 1.29 is 4.74 Å². The van der Waals surface area contributed by atoms with E-state index in [2.05, 4.69) is 30.6 Å². The minimum absolute atomic E-state index is 0.500. The van der Waals surface area contributed by atoms with Gasteiger partial charge >= 0.3 is 0 Å². The van der Waals surface area contributed by atoms with E-state index in [-0.39, 0.29) is 0 Å². The van der Waals surface area contributed by atoms with Gasteiger partial charge in [-0.05, 0) is 62.6 Å². The highest BCUT2D eigenvalue weighted by Gasteiger charge is 2.17. The van der Waals surface area contributed by atoms with Gasteiger partial charge in [0.2, 0.25) is 0 Å². The Morgan fingerprint density at radius 1 is 1.50 bits per heavy atom. The van der Waals surface area contributed by atoms with Gasteiger partial charge in [0.05, 0.1) is 6.10 Å². The summed E-state index contributed by atoms with van der Waals surface area (Å²) in [6.45, 7) is 6.37. The Kier molecular flexibility index (Phi) is 5.67. The van der Waals surface area contributed by atoms with Crippen molar-refractivity contribution in [1.29, 1.82) is 0 Å². The van der Waals surface area contributed by atoms with Crippen LogP contribution in [-0.4, -0.2) is 19.3 Å². The van der Waals surface area contributed by atoms with Gasteiger partial charge in [-0.15, -0.1) is 11.3 Å². The second kappa shape index (κ2) is 7.27. The Balaban J connectivity index is 1.85. The van der Waals surface area contributed by atoms with Gasteiger partial charge in [-0.2, -0.15) is 0 Å². The molecule has 0 amide bonds. The van der Waals surface area contributed by atoms with Gasteiger partial charge in [-0.1, -0.05) is 6.92 Å². The highest BCUT2D eigenvalue weighted by Crippen LogP contribution is 2.26. The second-order valence-electron chi connectivity index (χ2n) is 5.17. The van der Waals surface area contributed by atoms with Crippen molar-refractivity contribution in [2.75, 3.05) is 13.2 Å². The van der Waals surface area contributed by atoms with E-state index < -0.39 is 0 Å². The third-order valence-electron chi connectivity index (χ3n) is 3.66. The monoisotopic (exact) mass is 267 g/mol. The first-order valence-corrected chi connectivity index (χ1v) is 8.07. The Morgan fingerprint density at radius 2 is 2.39 bits per heavy atom. The van der Waals surface area contributed by atoms with E-state index in [1.54, 1.807) is 0 Å². The normalized spacial score (nSPS) is 22.0. The van der Waals surface area contributed by atoms with Gasteiger partial charge in [0.15, 0.2) is 0 Å². The van der Waals surface area contributed by atoms with E-state index in [1.807, 2.05) is 11.3 Å². The zero-order chi connectivity index (χ0) is 12.8. The van der Waals surface area contributed by atoms with Gasteiger partial charge in [0.25, 0.3) is 0 Å². The van der Waals surface area contributed by atoms with E-state index in [0.29, 0.717) is 12.1 Å². The summed E-state index contributed by atoms with van der Waals surface area (Å²) in [5.74, 6) is 0. The molecule has 1 fully saturated rings. The topological polar surface area (TPSA) is 21.3 Å². The van der Waals surface area contributed by atoms with E-state index in [4.69, 9.17) is 4.74 Å². The maximum atomic E-state index is 5.82. The number of aryl methyl sites for hydroxylation is 1. The predicted molar refractivity (Wildman–Crippen MR) is 78.3 cm³/mol. The summed E-state index contributed by atoms with van der Waals surface area (Å²) >= 11 is 1.85. The first-order chi connectivity index (χ1) is 8.79. The van der Waals surface area contributed by atoms with E-state index in [1.165, 1.54) is 42.5 Å². The van der Waals surface area contributed by atoms with Crippen LogP contribution in [0.5, 0.6) is 0 Å². The highest BCUT2D eigenvalue weighted by molar-refractivity contribution is 7.10. The minimum atomic E-state index is 0.500. The number of thiophene rings is 1. The van der Waals surface area contributed by atoms with E-state index in [9.17, 15) is 0 Å². The van der Waals surface area contributed by atoms with Crippen molar-refractivity contribution in [3.8, 4) is 0 Å². The molecule has 0 bridgehead atoms. The van der Waals surface area contributed by atoms with Crippen molar-refractivity contribution >= 4 is 11.3 Å². The molecule has 2 heterocycles. The number of hydrogen-bond acceptors (Lipinski definition) is 3. The lowest BCUT2D eigenvalue weighted by Crippen LogP contribution is -2.24. The molecule has 1 saturated heterocycles. The van der Waals surface area contributed by atoms with Crippen LogP contribution in [0.2, 0.25) is 0 Å². The van der Waals surface area contributed by atoms with Crippen molar-refractivity contribution in [3.63, 3.8) is 0 Å². The maximum absolute atomic E-state index is 5.82. The summed E-state index contributed by atoms with van der Waals surface area (Å²) in [7, 11) is 0. The molecule has 1 aromatic heterocycles. The van der Waals surface area contributed by atoms with E-state index >= 15 is 0 Å². The van der Waals surface area contributed by atoms with Crippen molar-refractivity contribution in [1.82, 2.24) is 5.32 Å². The Morgan fingerprint density at radius 3 is 3.00 bits per heavy atom. The van der Waals surface area contributed by atoms with Gasteiger partial charge in [-0.25, -0.2) is 0 Å². The molecule has 2 unspecified atom stereocenters. The van der Waals surface area contributed by atoms with Crippen molar-refractivity contribution in [3.05, 3.63) is 21.9 Å². The average Bonchev–Trinajstić information content (AvgIpc) is 2.82.